The molecule has 0 aromatic rings. The second kappa shape index (κ2) is 3.17. The van der Waals surface area contributed by atoms with Crippen LogP contribution >= 0.6 is 0 Å². The molecule has 2 N–H and O–H groups in total. The third kappa shape index (κ3) is 1.46. The lowest BCUT2D eigenvalue weighted by Gasteiger charge is -2.55. The van der Waals surface area contributed by atoms with Gasteiger partial charge in [-0.15, -0.1) is 0 Å². The fourth-order valence-corrected chi connectivity index (χ4v) is 2.21. The van der Waals surface area contributed by atoms with Crippen molar-refractivity contribution in [3.05, 3.63) is 0 Å². The lowest BCUT2D eigenvalue weighted by atomic mass is 9.97. The first-order valence-electron chi connectivity index (χ1n) is 5.31. The minimum absolute atomic E-state index is 0.220. The highest BCUT2D eigenvalue weighted by atomic mass is 16.6. The van der Waals surface area contributed by atoms with Gasteiger partial charge in [0, 0.05) is 13.1 Å². The molecule has 2 aliphatic heterocycles. The van der Waals surface area contributed by atoms with Crippen LogP contribution in [0.5, 0.6) is 0 Å². The highest BCUT2D eigenvalue weighted by molar-refractivity contribution is 5.00. The second-order valence-electron chi connectivity index (χ2n) is 4.69. The smallest absolute Gasteiger partial charge is 0.159 e. The summed E-state index contributed by atoms with van der Waals surface area (Å²) in [5, 5.41) is 6.82. The number of rotatable bonds is 0. The highest BCUT2D eigenvalue weighted by Crippen LogP contribution is 2.33. The molecule has 4 heteroatoms. The lowest BCUT2D eigenvalue weighted by Crippen LogP contribution is -2.77. The highest BCUT2D eigenvalue weighted by Gasteiger charge is 2.53. The molecule has 2 saturated heterocycles. The van der Waals surface area contributed by atoms with Crippen LogP contribution in [0.25, 0.3) is 0 Å². The molecular formula is C10H20N2O2. The van der Waals surface area contributed by atoms with Crippen molar-refractivity contribution in [3.63, 3.8) is 0 Å². The van der Waals surface area contributed by atoms with Crippen LogP contribution in [0.4, 0.5) is 0 Å². The Hall–Kier alpha value is -0.160. The number of fused-ring (bicyclic) bond motifs is 1. The van der Waals surface area contributed by atoms with Crippen LogP contribution in [-0.4, -0.2) is 36.7 Å². The van der Waals surface area contributed by atoms with Crippen LogP contribution < -0.4 is 10.6 Å². The number of ether oxygens (including phenoxy) is 2. The van der Waals surface area contributed by atoms with Gasteiger partial charge in [-0.25, -0.2) is 0 Å². The third-order valence-corrected chi connectivity index (χ3v) is 3.24. The molecule has 0 aromatic carbocycles. The van der Waals surface area contributed by atoms with Gasteiger partial charge in [-0.3, -0.25) is 10.6 Å². The van der Waals surface area contributed by atoms with Gasteiger partial charge in [-0.05, 0) is 27.7 Å². The van der Waals surface area contributed by atoms with Gasteiger partial charge < -0.3 is 9.47 Å². The van der Waals surface area contributed by atoms with Crippen LogP contribution in [0, 0.1) is 0 Å². The molecule has 2 aliphatic rings. The predicted molar refractivity (Wildman–Crippen MR) is 53.9 cm³/mol. The van der Waals surface area contributed by atoms with Crippen LogP contribution in [0.15, 0.2) is 0 Å². The van der Waals surface area contributed by atoms with E-state index in [1.807, 2.05) is 13.8 Å². The van der Waals surface area contributed by atoms with Gasteiger partial charge in [-0.1, -0.05) is 0 Å². The summed E-state index contributed by atoms with van der Waals surface area (Å²) in [6, 6.07) is 0. The summed E-state index contributed by atoms with van der Waals surface area (Å²) in [6.07, 6.45) is 0.440. The van der Waals surface area contributed by atoms with Crippen molar-refractivity contribution >= 4 is 0 Å². The van der Waals surface area contributed by atoms with E-state index >= 15 is 0 Å². The predicted octanol–water partition coefficient (Wildman–Crippen LogP) is 0.435. The Morgan fingerprint density at radius 3 is 1.64 bits per heavy atom. The van der Waals surface area contributed by atoms with Gasteiger partial charge >= 0.3 is 0 Å². The van der Waals surface area contributed by atoms with Crippen molar-refractivity contribution in [3.8, 4) is 0 Å². The first kappa shape index (κ1) is 10.4. The molecule has 0 bridgehead atoms. The van der Waals surface area contributed by atoms with Gasteiger partial charge in [0.05, 0.1) is 12.2 Å². The SMILES string of the molecule is C[C@@H]1CN[C@@]2(C)O[C@H](C)CN[C@@]2(C)O1. The van der Waals surface area contributed by atoms with Crippen LogP contribution in [0.1, 0.15) is 27.7 Å². The standard InChI is InChI=1S/C10H20N2O2/c1-7-5-11-10(4)9(3,13-7)12-6-8(2)14-10/h7-8,11-12H,5-6H2,1-4H3/t7-,8-,9+,10+/m1/s1. The van der Waals surface area contributed by atoms with Crippen molar-refractivity contribution in [1.82, 2.24) is 10.6 Å². The Morgan fingerprint density at radius 1 is 0.929 bits per heavy atom. The van der Waals surface area contributed by atoms with E-state index in [1.165, 1.54) is 0 Å². The molecule has 0 amide bonds. The van der Waals surface area contributed by atoms with E-state index in [4.69, 9.17) is 9.47 Å². The van der Waals surface area contributed by atoms with E-state index in [2.05, 4.69) is 24.5 Å². The molecule has 0 saturated carbocycles. The van der Waals surface area contributed by atoms with E-state index in [-0.39, 0.29) is 12.2 Å². The van der Waals surface area contributed by atoms with Crippen LogP contribution in [-0.2, 0) is 9.47 Å². The average molecular weight is 200 g/mol. The van der Waals surface area contributed by atoms with Gasteiger partial charge in [0.25, 0.3) is 0 Å². The molecule has 2 fully saturated rings. The van der Waals surface area contributed by atoms with Gasteiger partial charge in [0.1, 0.15) is 0 Å². The largest absolute Gasteiger partial charge is 0.352 e. The van der Waals surface area contributed by atoms with Crippen molar-refractivity contribution < 1.29 is 9.47 Å². The van der Waals surface area contributed by atoms with Crippen LogP contribution in [0.2, 0.25) is 0 Å². The van der Waals surface area contributed by atoms with E-state index in [1.54, 1.807) is 0 Å². The van der Waals surface area contributed by atoms with E-state index in [9.17, 15) is 0 Å². The molecule has 14 heavy (non-hydrogen) atoms. The molecule has 0 aliphatic carbocycles. The van der Waals surface area contributed by atoms with Crippen LogP contribution in [0.3, 0.4) is 0 Å². The summed E-state index contributed by atoms with van der Waals surface area (Å²) in [5.74, 6) is 0. The number of hydrogen-bond donors (Lipinski definition) is 2. The number of hydrogen-bond acceptors (Lipinski definition) is 4. The Morgan fingerprint density at radius 2 is 1.29 bits per heavy atom. The summed E-state index contributed by atoms with van der Waals surface area (Å²) in [5.41, 5.74) is -0.839. The zero-order chi connectivity index (χ0) is 10.4. The van der Waals surface area contributed by atoms with Gasteiger partial charge in [0.2, 0.25) is 0 Å². The third-order valence-electron chi connectivity index (χ3n) is 3.24. The van der Waals surface area contributed by atoms with E-state index < -0.39 is 11.4 Å². The molecule has 0 spiro atoms. The molecule has 0 unspecified atom stereocenters. The van der Waals surface area contributed by atoms with Crippen molar-refractivity contribution in [2.24, 2.45) is 0 Å². The molecule has 4 nitrogen and oxygen atoms in total. The fourth-order valence-electron chi connectivity index (χ4n) is 2.21. The summed E-state index contributed by atoms with van der Waals surface area (Å²) < 4.78 is 11.9. The Balaban J connectivity index is 2.20. The molecule has 0 aromatic heterocycles. The Labute approximate surface area is 85.3 Å². The molecule has 2 rings (SSSR count). The maximum absolute atomic E-state index is 5.93. The topological polar surface area (TPSA) is 42.5 Å². The zero-order valence-electron chi connectivity index (χ0n) is 9.39. The van der Waals surface area contributed by atoms with E-state index in [0.29, 0.717) is 0 Å². The molecular weight excluding hydrogens is 180 g/mol. The lowest BCUT2D eigenvalue weighted by molar-refractivity contribution is -0.299. The minimum Gasteiger partial charge on any atom is -0.352 e. The first-order chi connectivity index (χ1) is 6.45. The fraction of sp³-hybridized carbons (Fsp3) is 1.00. The minimum atomic E-state index is -0.419. The van der Waals surface area contributed by atoms with Crippen molar-refractivity contribution in [2.45, 2.75) is 51.4 Å². The maximum atomic E-state index is 5.93. The molecule has 2 heterocycles. The molecule has 4 atom stereocenters. The second-order valence-corrected chi connectivity index (χ2v) is 4.69. The van der Waals surface area contributed by atoms with Crippen molar-refractivity contribution in [2.75, 3.05) is 13.1 Å². The molecule has 82 valence electrons. The first-order valence-corrected chi connectivity index (χ1v) is 5.31. The van der Waals surface area contributed by atoms with E-state index in [0.717, 1.165) is 13.1 Å². The quantitative estimate of drug-likeness (QED) is 0.595. The number of morpholine rings is 2. The molecule has 0 radical (unpaired) electrons. The summed E-state index contributed by atoms with van der Waals surface area (Å²) in [4.78, 5) is 0. The summed E-state index contributed by atoms with van der Waals surface area (Å²) in [7, 11) is 0. The summed E-state index contributed by atoms with van der Waals surface area (Å²) in [6.45, 7) is 9.89. The Kier molecular flexibility index (Phi) is 2.34. The summed E-state index contributed by atoms with van der Waals surface area (Å²) >= 11 is 0. The number of nitrogens with one attached hydrogen (secondary N) is 2. The average Bonchev–Trinajstić information content (AvgIpc) is 2.08. The Bertz CT molecular complexity index is 212. The van der Waals surface area contributed by atoms with Crippen molar-refractivity contribution in [1.29, 1.82) is 0 Å². The monoisotopic (exact) mass is 200 g/mol. The van der Waals surface area contributed by atoms with Gasteiger partial charge in [0.15, 0.2) is 11.4 Å². The normalized spacial score (nSPS) is 54.0. The van der Waals surface area contributed by atoms with Gasteiger partial charge in [-0.2, -0.15) is 0 Å². The zero-order valence-corrected chi connectivity index (χ0v) is 9.39. The maximum Gasteiger partial charge on any atom is 0.159 e.